The Morgan fingerprint density at radius 1 is 0.462 bits per heavy atom. The van der Waals surface area contributed by atoms with E-state index >= 15 is 0 Å². The van der Waals surface area contributed by atoms with Crippen LogP contribution >= 0.6 is 11.8 Å². The number of aromatic carboxylic acids is 2. The molecule has 0 aliphatic heterocycles. The van der Waals surface area contributed by atoms with E-state index in [1.807, 2.05) is 0 Å². The smallest absolute Gasteiger partial charge is 0.335 e. The van der Waals surface area contributed by atoms with Gasteiger partial charge in [-0.05, 0) is 93.3 Å². The van der Waals surface area contributed by atoms with Crippen molar-refractivity contribution in [2.75, 3.05) is 26.2 Å². The summed E-state index contributed by atoms with van der Waals surface area (Å²) in [6.07, 6.45) is 34.8. The van der Waals surface area contributed by atoms with Gasteiger partial charge in [-0.15, -0.1) is 0 Å². The van der Waals surface area contributed by atoms with Gasteiger partial charge >= 0.3 is 5.97 Å². The van der Waals surface area contributed by atoms with Crippen LogP contribution in [0.3, 0.4) is 0 Å². The molecule has 0 unspecified atom stereocenters. The first-order chi connectivity index (χ1) is 25.3. The number of carbonyl (C=O) groups excluding carboxylic acids is 1. The van der Waals surface area contributed by atoms with Gasteiger partial charge in [-0.1, -0.05) is 154 Å². The number of rotatable bonds is 32. The molecule has 52 heavy (non-hydrogen) atoms. The highest BCUT2D eigenvalue weighted by atomic mass is 32.2. The van der Waals surface area contributed by atoms with Gasteiger partial charge in [0.25, 0.3) is 0 Å². The van der Waals surface area contributed by atoms with Crippen molar-refractivity contribution in [3.05, 3.63) is 59.7 Å². The van der Waals surface area contributed by atoms with Crippen molar-refractivity contribution in [1.82, 2.24) is 0 Å². The topological polar surface area (TPSA) is 77.4 Å². The highest BCUT2D eigenvalue weighted by molar-refractivity contribution is 7.99. The summed E-state index contributed by atoms with van der Waals surface area (Å²) in [7, 11) is 0. The Morgan fingerprint density at radius 2 is 0.731 bits per heavy atom. The lowest BCUT2D eigenvalue weighted by Crippen LogP contribution is -2.50. The molecule has 0 spiro atoms. The zero-order valence-electron chi connectivity index (χ0n) is 33.9. The Kier molecular flexibility index (Phi) is 29.5. The summed E-state index contributed by atoms with van der Waals surface area (Å²) in [6, 6.07) is 12.8. The van der Waals surface area contributed by atoms with Crippen LogP contribution in [0.2, 0.25) is 0 Å². The van der Waals surface area contributed by atoms with E-state index in [1.165, 1.54) is 221 Å². The molecule has 0 radical (unpaired) electrons. The molecular weight excluding hydrogens is 663 g/mol. The number of benzene rings is 2. The molecular formula is C46H77NO4S. The second kappa shape index (κ2) is 32.1. The SMILES string of the molecule is CCCCCCCC[N+](CCCCCCCC)(CCCCCCCC)CCCCCCCC.O=C([O-])c1ccc(Sc2ccc(C(=O)O)cc2)cc1. The minimum absolute atomic E-state index is 0.130. The van der Waals surface area contributed by atoms with Gasteiger partial charge in [-0.2, -0.15) is 0 Å². The van der Waals surface area contributed by atoms with E-state index in [4.69, 9.17) is 5.11 Å². The van der Waals surface area contributed by atoms with Crippen LogP contribution in [-0.2, 0) is 0 Å². The molecule has 0 saturated carbocycles. The Balaban J connectivity index is 0.000000595. The Morgan fingerprint density at radius 3 is 1.00 bits per heavy atom. The number of hydrogen-bond donors (Lipinski definition) is 1. The van der Waals surface area contributed by atoms with Crippen LogP contribution in [0.4, 0.5) is 0 Å². The average Bonchev–Trinajstić information content (AvgIpc) is 3.14. The van der Waals surface area contributed by atoms with E-state index in [9.17, 15) is 14.7 Å². The molecule has 5 nitrogen and oxygen atoms in total. The van der Waals surface area contributed by atoms with Gasteiger partial charge in [0.15, 0.2) is 0 Å². The van der Waals surface area contributed by atoms with Gasteiger partial charge in [0.05, 0.1) is 37.7 Å². The first-order valence-electron chi connectivity index (χ1n) is 21.5. The summed E-state index contributed by atoms with van der Waals surface area (Å²) in [5.41, 5.74) is 0.363. The lowest BCUT2D eigenvalue weighted by molar-refractivity contribution is -0.929. The van der Waals surface area contributed by atoms with Crippen LogP contribution in [0.5, 0.6) is 0 Å². The van der Waals surface area contributed by atoms with Crippen LogP contribution in [-0.4, -0.2) is 47.7 Å². The lowest BCUT2D eigenvalue weighted by atomic mass is 10.0. The number of carboxylic acid groups (broad SMARTS) is 2. The molecule has 2 rings (SSSR count). The highest BCUT2D eigenvalue weighted by Gasteiger charge is 2.25. The molecule has 0 saturated heterocycles. The van der Waals surface area contributed by atoms with E-state index in [1.54, 1.807) is 24.3 Å². The Bertz CT molecular complexity index is 1010. The van der Waals surface area contributed by atoms with Crippen LogP contribution < -0.4 is 5.11 Å². The highest BCUT2D eigenvalue weighted by Crippen LogP contribution is 2.28. The first kappa shape index (κ1) is 47.7. The Hall–Kier alpha value is -2.31. The minimum Gasteiger partial charge on any atom is -0.545 e. The van der Waals surface area contributed by atoms with E-state index < -0.39 is 11.9 Å². The van der Waals surface area contributed by atoms with Gasteiger partial charge < -0.3 is 19.5 Å². The Labute approximate surface area is 324 Å². The predicted octanol–water partition coefficient (Wildman–Crippen LogP) is 13.1. The summed E-state index contributed by atoms with van der Waals surface area (Å²) in [5.74, 6) is -2.17. The van der Waals surface area contributed by atoms with Crippen LogP contribution in [0.15, 0.2) is 58.3 Å². The maximum absolute atomic E-state index is 10.7. The quantitative estimate of drug-likeness (QED) is 0.0597. The molecule has 2 aromatic carbocycles. The van der Waals surface area contributed by atoms with Gasteiger partial charge in [-0.3, -0.25) is 0 Å². The molecule has 0 fully saturated rings. The van der Waals surface area contributed by atoms with Crippen LogP contribution in [0.1, 0.15) is 203 Å². The summed E-state index contributed by atoms with van der Waals surface area (Å²) in [4.78, 5) is 23.1. The van der Waals surface area contributed by atoms with E-state index in [-0.39, 0.29) is 11.1 Å². The summed E-state index contributed by atoms with van der Waals surface area (Å²) >= 11 is 1.42. The van der Waals surface area contributed by atoms with Gasteiger partial charge in [0, 0.05) is 9.79 Å². The zero-order chi connectivity index (χ0) is 38.1. The maximum atomic E-state index is 10.7. The molecule has 2 aromatic rings. The third-order valence-corrected chi connectivity index (χ3v) is 11.4. The fourth-order valence-electron chi connectivity index (χ4n) is 7.04. The van der Waals surface area contributed by atoms with Crippen molar-refractivity contribution in [2.24, 2.45) is 0 Å². The summed E-state index contributed by atoms with van der Waals surface area (Å²) in [6.45, 7) is 15.3. The zero-order valence-corrected chi connectivity index (χ0v) is 34.8. The average molecular weight is 740 g/mol. The number of nitrogens with zero attached hydrogens (tertiary/aromatic N) is 1. The monoisotopic (exact) mass is 740 g/mol. The minimum atomic E-state index is -1.21. The van der Waals surface area contributed by atoms with Crippen molar-refractivity contribution in [3.8, 4) is 0 Å². The molecule has 0 aromatic heterocycles. The molecule has 6 heteroatoms. The maximum Gasteiger partial charge on any atom is 0.335 e. The first-order valence-corrected chi connectivity index (χ1v) is 22.3. The van der Waals surface area contributed by atoms with Crippen molar-refractivity contribution < 1.29 is 24.3 Å². The second-order valence-electron chi connectivity index (χ2n) is 15.1. The van der Waals surface area contributed by atoms with Crippen LogP contribution in [0.25, 0.3) is 0 Å². The van der Waals surface area contributed by atoms with Crippen molar-refractivity contribution in [1.29, 1.82) is 0 Å². The number of carboxylic acids is 2. The van der Waals surface area contributed by atoms with Crippen molar-refractivity contribution in [3.63, 3.8) is 0 Å². The normalized spacial score (nSPS) is 11.3. The van der Waals surface area contributed by atoms with Gasteiger partial charge in [0.1, 0.15) is 0 Å². The van der Waals surface area contributed by atoms with E-state index in [2.05, 4.69) is 27.7 Å². The van der Waals surface area contributed by atoms with E-state index in [0.29, 0.717) is 0 Å². The summed E-state index contributed by atoms with van der Waals surface area (Å²) < 4.78 is 1.48. The molecule has 0 amide bonds. The van der Waals surface area contributed by atoms with Crippen LogP contribution in [0, 0.1) is 0 Å². The van der Waals surface area contributed by atoms with Crippen molar-refractivity contribution >= 4 is 23.7 Å². The fourth-order valence-corrected chi connectivity index (χ4v) is 7.86. The number of hydrogen-bond acceptors (Lipinski definition) is 4. The van der Waals surface area contributed by atoms with E-state index in [0.717, 1.165) is 9.79 Å². The molecule has 0 aliphatic rings. The van der Waals surface area contributed by atoms with Crippen molar-refractivity contribution in [2.45, 2.75) is 192 Å². The van der Waals surface area contributed by atoms with Gasteiger partial charge in [0.2, 0.25) is 0 Å². The predicted molar refractivity (Wildman–Crippen MR) is 222 cm³/mol. The number of unbranched alkanes of at least 4 members (excludes halogenated alkanes) is 20. The third-order valence-electron chi connectivity index (χ3n) is 10.4. The van der Waals surface area contributed by atoms with Gasteiger partial charge in [-0.25, -0.2) is 4.79 Å². The molecule has 0 heterocycles. The molecule has 0 bridgehead atoms. The third kappa shape index (κ3) is 24.1. The standard InChI is InChI=1S/C32H68N.C14H10O4S/c1-5-9-13-17-21-25-29-33(30-26-22-18-14-10-6-2,31-27-23-19-15-11-7-3)32-28-24-20-16-12-8-4;15-13(16)9-1-5-11(6-2-9)19-12-7-3-10(4-8-12)14(17)18/h5-32H2,1-4H3;1-8H,(H,15,16)(H,17,18)/q+1;/p-1. The number of carbonyl (C=O) groups is 2. The fraction of sp³-hybridized carbons (Fsp3) is 0.696. The molecule has 1 N–H and O–H groups in total. The second-order valence-corrected chi connectivity index (χ2v) is 16.2. The molecule has 0 atom stereocenters. The molecule has 296 valence electrons. The summed E-state index contributed by atoms with van der Waals surface area (Å²) in [5, 5.41) is 19.4. The largest absolute Gasteiger partial charge is 0.545 e. The number of quaternary nitrogens is 1. The lowest BCUT2D eigenvalue weighted by Gasteiger charge is -2.40. The molecule has 0 aliphatic carbocycles.